The Balaban J connectivity index is 2.03. The van der Waals surface area contributed by atoms with Crippen molar-refractivity contribution in [1.82, 2.24) is 0 Å². The highest BCUT2D eigenvalue weighted by atomic mass is 35.5. The van der Waals surface area contributed by atoms with Gasteiger partial charge in [0.1, 0.15) is 10.3 Å². The normalized spacial score (nSPS) is 13.6. The lowest BCUT2D eigenvalue weighted by molar-refractivity contribution is -0.161. The summed E-state index contributed by atoms with van der Waals surface area (Å²) in [6.07, 6.45) is -5.72. The van der Waals surface area contributed by atoms with Crippen LogP contribution >= 0.6 is 35.0 Å². The molecular formula is C29H27Cl2F3O3S. The number of rotatable bonds is 8. The second-order valence-corrected chi connectivity index (χ2v) is 12.0. The van der Waals surface area contributed by atoms with E-state index in [1.165, 1.54) is 36.4 Å². The van der Waals surface area contributed by atoms with Crippen molar-refractivity contribution >= 4 is 46.7 Å². The molecule has 3 nitrogen and oxygen atoms in total. The number of carbonyl (C=O) groups is 2. The average molecular weight is 583 g/mol. The van der Waals surface area contributed by atoms with E-state index in [0.29, 0.717) is 22.9 Å². The van der Waals surface area contributed by atoms with Crippen LogP contribution < -0.4 is 0 Å². The van der Waals surface area contributed by atoms with Crippen LogP contribution in [-0.2, 0) is 15.2 Å². The van der Waals surface area contributed by atoms with Crippen LogP contribution in [0.15, 0.2) is 66.7 Å². The van der Waals surface area contributed by atoms with Gasteiger partial charge in [0.2, 0.25) is 0 Å². The minimum absolute atomic E-state index is 0.00558. The lowest BCUT2D eigenvalue weighted by Gasteiger charge is -2.36. The number of ether oxygens (including phenoxy) is 1. The van der Waals surface area contributed by atoms with Crippen LogP contribution in [0.4, 0.5) is 13.2 Å². The fourth-order valence-electron chi connectivity index (χ4n) is 3.88. The number of Topliss-reactive ketones (excluding diaryl/α,β-unsaturated/α-hetero) is 1. The molecule has 1 atom stereocenters. The zero-order valence-corrected chi connectivity index (χ0v) is 23.6. The first-order valence-electron chi connectivity index (χ1n) is 11.7. The Bertz CT molecular complexity index is 1300. The highest BCUT2D eigenvalue weighted by Crippen LogP contribution is 2.54. The molecule has 202 valence electrons. The molecule has 0 radical (unpaired) electrons. The molecular weight excluding hydrogens is 556 g/mol. The van der Waals surface area contributed by atoms with E-state index in [1.807, 2.05) is 0 Å². The van der Waals surface area contributed by atoms with Gasteiger partial charge in [-0.05, 0) is 74.7 Å². The van der Waals surface area contributed by atoms with Gasteiger partial charge in [0.25, 0.3) is 0 Å². The molecule has 0 saturated heterocycles. The molecule has 0 unspecified atom stereocenters. The molecule has 3 aromatic carbocycles. The number of aryl methyl sites for hydroxylation is 1. The van der Waals surface area contributed by atoms with Gasteiger partial charge in [0.15, 0.2) is 5.78 Å². The minimum Gasteiger partial charge on any atom is -0.456 e. The summed E-state index contributed by atoms with van der Waals surface area (Å²) in [5.41, 5.74) is 0.447. The third-order valence-electron chi connectivity index (χ3n) is 5.69. The van der Waals surface area contributed by atoms with Gasteiger partial charge >= 0.3 is 12.1 Å². The van der Waals surface area contributed by atoms with Crippen molar-refractivity contribution in [3.05, 3.63) is 105 Å². The molecule has 0 aliphatic carbocycles. The second-order valence-electron chi connectivity index (χ2n) is 9.89. The largest absolute Gasteiger partial charge is 0.456 e. The van der Waals surface area contributed by atoms with Crippen molar-refractivity contribution in [1.29, 1.82) is 0 Å². The third kappa shape index (κ3) is 7.33. The Morgan fingerprint density at radius 3 is 2.03 bits per heavy atom. The zero-order chi connectivity index (χ0) is 28.3. The SMILES string of the molecule is Cc1cc(C(=O)C[C@](SCc2ccccc2)(c2cc(Cl)cc(Cl)c2)C(F)(F)F)ccc1C(=O)OC(C)(C)C. The van der Waals surface area contributed by atoms with E-state index in [1.54, 1.807) is 58.0 Å². The van der Waals surface area contributed by atoms with E-state index in [4.69, 9.17) is 27.9 Å². The molecule has 0 aliphatic heterocycles. The molecule has 0 fully saturated rings. The number of benzene rings is 3. The van der Waals surface area contributed by atoms with Gasteiger partial charge in [-0.1, -0.05) is 59.6 Å². The predicted molar refractivity (Wildman–Crippen MR) is 147 cm³/mol. The maximum atomic E-state index is 15.0. The quantitative estimate of drug-likeness (QED) is 0.196. The summed E-state index contributed by atoms with van der Waals surface area (Å²) in [7, 11) is 0. The van der Waals surface area contributed by atoms with Crippen LogP contribution in [0.3, 0.4) is 0 Å². The summed E-state index contributed by atoms with van der Waals surface area (Å²) in [5.74, 6) is -1.32. The fraction of sp³-hybridized carbons (Fsp3) is 0.310. The Morgan fingerprint density at radius 1 is 0.895 bits per heavy atom. The van der Waals surface area contributed by atoms with Crippen LogP contribution in [0.2, 0.25) is 10.0 Å². The molecule has 38 heavy (non-hydrogen) atoms. The van der Waals surface area contributed by atoms with E-state index in [9.17, 15) is 22.8 Å². The highest BCUT2D eigenvalue weighted by Gasteiger charge is 2.57. The van der Waals surface area contributed by atoms with Crippen LogP contribution in [-0.4, -0.2) is 23.5 Å². The Labute approximate surface area is 234 Å². The first kappa shape index (κ1) is 30.1. The van der Waals surface area contributed by atoms with Gasteiger partial charge in [-0.25, -0.2) is 4.79 Å². The summed E-state index contributed by atoms with van der Waals surface area (Å²) in [4.78, 5) is 25.9. The summed E-state index contributed by atoms with van der Waals surface area (Å²) in [6.45, 7) is 6.78. The first-order valence-corrected chi connectivity index (χ1v) is 13.4. The van der Waals surface area contributed by atoms with Gasteiger partial charge in [-0.3, -0.25) is 4.79 Å². The van der Waals surface area contributed by atoms with Crippen LogP contribution in [0, 0.1) is 6.92 Å². The molecule has 0 spiro atoms. The van der Waals surface area contributed by atoms with E-state index < -0.39 is 34.7 Å². The van der Waals surface area contributed by atoms with Gasteiger partial charge in [0.05, 0.1) is 5.56 Å². The molecule has 0 amide bonds. The molecule has 0 saturated carbocycles. The number of halogens is 5. The summed E-state index contributed by atoms with van der Waals surface area (Å²) in [6, 6.07) is 16.6. The standard InChI is InChI=1S/C29H27Cl2F3O3S/c1-18-12-20(10-11-24(18)26(36)37-27(2,3)4)25(35)16-28(29(32,33)34,21-13-22(30)15-23(31)14-21)38-17-19-8-6-5-7-9-19/h5-15H,16-17H2,1-4H3/t28-/m0/s1. The molecule has 0 aromatic heterocycles. The number of esters is 1. The van der Waals surface area contributed by atoms with E-state index in [-0.39, 0.29) is 32.5 Å². The number of ketones is 1. The molecule has 3 rings (SSSR count). The van der Waals surface area contributed by atoms with Gasteiger partial charge in [-0.15, -0.1) is 11.8 Å². The summed E-state index contributed by atoms with van der Waals surface area (Å²) >= 11 is 12.8. The van der Waals surface area contributed by atoms with Gasteiger partial charge < -0.3 is 4.74 Å². The topological polar surface area (TPSA) is 43.4 Å². The summed E-state index contributed by atoms with van der Waals surface area (Å²) in [5, 5.41) is 0.0675. The van der Waals surface area contributed by atoms with Gasteiger partial charge in [-0.2, -0.15) is 13.2 Å². The number of hydrogen-bond acceptors (Lipinski definition) is 4. The number of hydrogen-bond donors (Lipinski definition) is 0. The Hall–Kier alpha value is -2.48. The van der Waals surface area contributed by atoms with E-state index >= 15 is 0 Å². The highest BCUT2D eigenvalue weighted by molar-refractivity contribution is 7.99. The van der Waals surface area contributed by atoms with Crippen molar-refractivity contribution in [2.24, 2.45) is 0 Å². The number of alkyl halides is 3. The molecule has 0 N–H and O–H groups in total. The first-order chi connectivity index (χ1) is 17.6. The lowest BCUT2D eigenvalue weighted by Crippen LogP contribution is -2.41. The van der Waals surface area contributed by atoms with Crippen molar-refractivity contribution in [2.75, 3.05) is 0 Å². The fourth-order valence-corrected chi connectivity index (χ4v) is 5.69. The zero-order valence-electron chi connectivity index (χ0n) is 21.3. The maximum absolute atomic E-state index is 15.0. The van der Waals surface area contributed by atoms with Crippen molar-refractivity contribution in [3.8, 4) is 0 Å². The second kappa shape index (κ2) is 11.7. The molecule has 0 bridgehead atoms. The minimum atomic E-state index is -4.83. The van der Waals surface area contributed by atoms with E-state index in [0.717, 1.165) is 0 Å². The lowest BCUT2D eigenvalue weighted by atomic mass is 9.89. The van der Waals surface area contributed by atoms with Gasteiger partial charge in [0, 0.05) is 27.8 Å². The molecule has 0 heterocycles. The summed E-state index contributed by atoms with van der Waals surface area (Å²) < 4.78 is 47.7. The van der Waals surface area contributed by atoms with Crippen LogP contribution in [0.1, 0.15) is 64.6 Å². The van der Waals surface area contributed by atoms with Crippen molar-refractivity contribution in [2.45, 2.75) is 56.4 Å². The number of carbonyl (C=O) groups excluding carboxylic acids is 2. The number of thioether (sulfide) groups is 1. The van der Waals surface area contributed by atoms with Crippen molar-refractivity contribution in [3.63, 3.8) is 0 Å². The smallest absolute Gasteiger partial charge is 0.407 e. The Morgan fingerprint density at radius 2 is 1.50 bits per heavy atom. The monoisotopic (exact) mass is 582 g/mol. The predicted octanol–water partition coefficient (Wildman–Crippen LogP) is 9.22. The maximum Gasteiger partial charge on any atom is 0.407 e. The molecule has 0 aliphatic rings. The average Bonchev–Trinajstić information content (AvgIpc) is 2.79. The van der Waals surface area contributed by atoms with E-state index in [2.05, 4.69) is 0 Å². The molecule has 9 heteroatoms. The third-order valence-corrected chi connectivity index (χ3v) is 7.71. The van der Waals surface area contributed by atoms with Crippen molar-refractivity contribution < 1.29 is 27.5 Å². The Kier molecular flexibility index (Phi) is 9.28. The van der Waals surface area contributed by atoms with Crippen LogP contribution in [0.25, 0.3) is 0 Å². The molecule has 3 aromatic rings. The van der Waals surface area contributed by atoms with Crippen LogP contribution in [0.5, 0.6) is 0 Å².